The van der Waals surface area contributed by atoms with Gasteiger partial charge in [-0.1, -0.05) is 0 Å². The fraction of sp³-hybridized carbons (Fsp3) is 0.556. The maximum Gasteiger partial charge on any atom is 0.501 e. The van der Waals surface area contributed by atoms with Crippen molar-refractivity contribution in [3.05, 3.63) is 42.7 Å². The number of hydrogen-bond acceptors (Lipinski definition) is 8. The van der Waals surface area contributed by atoms with Crippen LogP contribution in [0, 0.1) is 0 Å². The number of piperazine rings is 1. The number of anilines is 2. The van der Waals surface area contributed by atoms with E-state index in [-0.39, 0.29) is 18.2 Å². The molecule has 9 nitrogen and oxygen atoms in total. The Labute approximate surface area is 232 Å². The summed E-state index contributed by atoms with van der Waals surface area (Å²) >= 11 is 0. The predicted octanol–water partition coefficient (Wildman–Crippen LogP) is 5.23. The van der Waals surface area contributed by atoms with Gasteiger partial charge >= 0.3 is 11.6 Å². The average molecular weight is 585 g/mol. The quantitative estimate of drug-likeness (QED) is 0.493. The zero-order valence-electron chi connectivity index (χ0n) is 22.8. The number of sulfone groups is 1. The molecule has 2 fully saturated rings. The summed E-state index contributed by atoms with van der Waals surface area (Å²) in [5, 5.41) is 3.27. The van der Waals surface area contributed by atoms with Crippen molar-refractivity contribution in [1.82, 2.24) is 9.88 Å². The van der Waals surface area contributed by atoms with E-state index in [1.807, 2.05) is 26.8 Å². The second-order valence-electron chi connectivity index (χ2n) is 11.0. The molecule has 1 aliphatic heterocycles. The van der Waals surface area contributed by atoms with Crippen LogP contribution in [0.4, 0.5) is 29.3 Å². The van der Waals surface area contributed by atoms with Crippen molar-refractivity contribution in [2.45, 2.75) is 74.6 Å². The molecule has 0 spiro atoms. The molecule has 0 unspecified atom stereocenters. The molecular weight excluding hydrogens is 549 g/mol. The average Bonchev–Trinajstić information content (AvgIpc) is 2.89. The van der Waals surface area contributed by atoms with E-state index >= 15 is 0 Å². The fourth-order valence-electron chi connectivity index (χ4n) is 4.74. The van der Waals surface area contributed by atoms with Gasteiger partial charge in [0.05, 0.1) is 29.1 Å². The van der Waals surface area contributed by atoms with E-state index in [4.69, 9.17) is 9.47 Å². The van der Waals surface area contributed by atoms with Gasteiger partial charge in [0.15, 0.2) is 0 Å². The highest BCUT2D eigenvalue weighted by molar-refractivity contribution is 7.92. The summed E-state index contributed by atoms with van der Waals surface area (Å²) in [5.74, 6) is 0.671. The topological polar surface area (TPSA) is 101 Å². The lowest BCUT2D eigenvalue weighted by Gasteiger charge is -2.36. The van der Waals surface area contributed by atoms with Crippen LogP contribution in [0.5, 0.6) is 5.75 Å². The third-order valence-electron chi connectivity index (χ3n) is 6.81. The minimum atomic E-state index is -5.36. The number of nitrogens with zero attached hydrogens (tertiary/aromatic N) is 3. The number of rotatable bonds is 6. The second-order valence-corrected chi connectivity index (χ2v) is 13.0. The molecule has 2 aliphatic rings. The summed E-state index contributed by atoms with van der Waals surface area (Å²) in [6, 6.07) is 6.69. The van der Waals surface area contributed by atoms with Crippen LogP contribution in [0.2, 0.25) is 0 Å². The minimum absolute atomic E-state index is 0.00146. The molecule has 1 saturated carbocycles. The standard InChI is InChI=1S/C27H35F3N4O5S/c1-26(2,3)39-25(35)34-14-12-33(13-15-34)21-16-23(18-31-17-21)38-22-8-4-19(5-9-22)32-20-6-10-24(11-7-20)40(36,37)27(28,29)30/h6-7,10-11,16-19,22,32H,4-5,8-9,12-15H2,1-3H3/t19-,22-. The Morgan fingerprint density at radius 3 is 2.17 bits per heavy atom. The summed E-state index contributed by atoms with van der Waals surface area (Å²) in [4.78, 5) is 19.8. The Morgan fingerprint density at radius 1 is 0.975 bits per heavy atom. The van der Waals surface area contributed by atoms with Crippen molar-refractivity contribution in [3.8, 4) is 5.75 Å². The molecule has 40 heavy (non-hydrogen) atoms. The molecule has 1 saturated heterocycles. The summed E-state index contributed by atoms with van der Waals surface area (Å²) in [7, 11) is -5.36. The van der Waals surface area contributed by atoms with Gasteiger partial charge in [0.25, 0.3) is 9.84 Å². The highest BCUT2D eigenvalue weighted by atomic mass is 32.2. The Morgan fingerprint density at radius 2 is 1.60 bits per heavy atom. The van der Waals surface area contributed by atoms with Crippen molar-refractivity contribution in [1.29, 1.82) is 0 Å². The number of carbonyl (C=O) groups is 1. The number of ether oxygens (including phenoxy) is 2. The molecule has 1 amide bonds. The number of benzene rings is 1. The van der Waals surface area contributed by atoms with Crippen LogP contribution >= 0.6 is 0 Å². The van der Waals surface area contributed by atoms with Crippen molar-refractivity contribution in [3.63, 3.8) is 0 Å². The van der Waals surface area contributed by atoms with E-state index in [0.717, 1.165) is 43.5 Å². The zero-order valence-corrected chi connectivity index (χ0v) is 23.6. The normalized spacial score (nSPS) is 20.6. The van der Waals surface area contributed by atoms with Gasteiger partial charge in [-0.25, -0.2) is 13.2 Å². The molecule has 0 radical (unpaired) electrons. The summed E-state index contributed by atoms with van der Waals surface area (Å²) in [6.45, 7) is 7.96. The third-order valence-corrected chi connectivity index (χ3v) is 8.31. The maximum absolute atomic E-state index is 12.7. The van der Waals surface area contributed by atoms with Gasteiger partial charge in [0, 0.05) is 44.0 Å². The number of nitrogens with one attached hydrogen (secondary N) is 1. The predicted molar refractivity (Wildman–Crippen MR) is 144 cm³/mol. The molecule has 1 N–H and O–H groups in total. The maximum atomic E-state index is 12.7. The first-order valence-corrected chi connectivity index (χ1v) is 14.7. The molecule has 1 aromatic carbocycles. The van der Waals surface area contributed by atoms with Gasteiger partial charge < -0.3 is 24.6 Å². The van der Waals surface area contributed by atoms with Crippen LogP contribution in [0.15, 0.2) is 47.6 Å². The molecule has 1 aromatic heterocycles. The van der Waals surface area contributed by atoms with Gasteiger partial charge in [-0.2, -0.15) is 13.2 Å². The largest absolute Gasteiger partial charge is 0.501 e. The number of amides is 1. The lowest BCUT2D eigenvalue weighted by Crippen LogP contribution is -2.50. The van der Waals surface area contributed by atoms with E-state index in [1.54, 1.807) is 17.3 Å². The van der Waals surface area contributed by atoms with Crippen molar-refractivity contribution in [2.75, 3.05) is 36.4 Å². The Bertz CT molecular complexity index is 1270. The fourth-order valence-corrected chi connectivity index (χ4v) is 5.50. The van der Waals surface area contributed by atoms with E-state index in [1.165, 1.54) is 12.1 Å². The number of alkyl halides is 3. The van der Waals surface area contributed by atoms with Gasteiger partial charge in [-0.05, 0) is 70.7 Å². The van der Waals surface area contributed by atoms with Crippen LogP contribution < -0.4 is 15.0 Å². The van der Waals surface area contributed by atoms with Crippen LogP contribution in [0.1, 0.15) is 46.5 Å². The number of halogens is 3. The van der Waals surface area contributed by atoms with Crippen LogP contribution in [-0.2, 0) is 14.6 Å². The van der Waals surface area contributed by atoms with E-state index in [9.17, 15) is 26.4 Å². The number of aromatic nitrogens is 1. The number of hydrogen-bond donors (Lipinski definition) is 1. The van der Waals surface area contributed by atoms with Crippen LogP contribution in [0.25, 0.3) is 0 Å². The van der Waals surface area contributed by atoms with Crippen molar-refractivity contribution in [2.24, 2.45) is 0 Å². The summed E-state index contributed by atoms with van der Waals surface area (Å²) in [6.07, 6.45) is 6.27. The molecule has 2 aromatic rings. The monoisotopic (exact) mass is 584 g/mol. The summed E-state index contributed by atoms with van der Waals surface area (Å²) < 4.78 is 73.0. The van der Waals surface area contributed by atoms with Gasteiger partial charge in [-0.3, -0.25) is 4.98 Å². The molecule has 13 heteroatoms. The molecule has 4 rings (SSSR count). The van der Waals surface area contributed by atoms with Gasteiger partial charge in [-0.15, -0.1) is 0 Å². The van der Waals surface area contributed by atoms with Crippen LogP contribution in [-0.4, -0.2) is 73.8 Å². The molecule has 2 heterocycles. The summed E-state index contributed by atoms with van der Waals surface area (Å²) in [5.41, 5.74) is -4.37. The number of carbonyl (C=O) groups excluding carboxylic acids is 1. The lowest BCUT2D eigenvalue weighted by atomic mass is 9.92. The SMILES string of the molecule is CC(C)(C)OC(=O)N1CCN(c2cncc(O[C@H]3CC[C@H](Nc4ccc(S(=O)(=O)C(F)(F)F)cc4)CC3)c2)CC1. The molecular formula is C27H35F3N4O5S. The second kappa shape index (κ2) is 11.7. The Hall–Kier alpha value is -3.22. The lowest BCUT2D eigenvalue weighted by molar-refractivity contribution is -0.0436. The van der Waals surface area contributed by atoms with Crippen molar-refractivity contribution < 1.29 is 35.9 Å². The highest BCUT2D eigenvalue weighted by Gasteiger charge is 2.46. The molecule has 220 valence electrons. The van der Waals surface area contributed by atoms with Crippen LogP contribution in [0.3, 0.4) is 0 Å². The van der Waals surface area contributed by atoms with Gasteiger partial charge in [0.1, 0.15) is 11.4 Å². The first-order valence-electron chi connectivity index (χ1n) is 13.2. The molecule has 0 bridgehead atoms. The molecule has 1 aliphatic carbocycles. The van der Waals surface area contributed by atoms with E-state index in [2.05, 4.69) is 15.2 Å². The minimum Gasteiger partial charge on any atom is -0.489 e. The first kappa shape index (κ1) is 29.8. The highest BCUT2D eigenvalue weighted by Crippen LogP contribution is 2.32. The van der Waals surface area contributed by atoms with E-state index < -0.39 is 25.8 Å². The van der Waals surface area contributed by atoms with Gasteiger partial charge in [0.2, 0.25) is 0 Å². The van der Waals surface area contributed by atoms with E-state index in [0.29, 0.717) is 37.6 Å². The molecule has 0 atom stereocenters. The third kappa shape index (κ3) is 7.49. The zero-order chi connectivity index (χ0) is 29.1. The first-order chi connectivity index (χ1) is 18.7. The smallest absolute Gasteiger partial charge is 0.489 e. The number of pyridine rings is 1. The van der Waals surface area contributed by atoms with Crippen molar-refractivity contribution >= 4 is 27.3 Å². The Balaban J connectivity index is 1.24. The Kier molecular flexibility index (Phi) is 8.72.